The molecule has 1 unspecified atom stereocenters. The number of aliphatic hydroxyl groups is 1. The van der Waals surface area contributed by atoms with Crippen molar-refractivity contribution in [3.8, 4) is 0 Å². The highest BCUT2D eigenvalue weighted by Gasteiger charge is 2.14. The van der Waals surface area contributed by atoms with Gasteiger partial charge in [0.25, 0.3) is 5.91 Å². The molecule has 19 heavy (non-hydrogen) atoms. The fourth-order valence-electron chi connectivity index (χ4n) is 1.17. The molecule has 1 aromatic heterocycles. The summed E-state index contributed by atoms with van der Waals surface area (Å²) in [5.41, 5.74) is 0. The quantitative estimate of drug-likeness (QED) is 0.501. The molecule has 1 rings (SSSR count). The zero-order chi connectivity index (χ0) is 14.3. The number of aliphatic hydroxyl groups excluding tert-OH is 1. The third-order valence-corrected chi connectivity index (χ3v) is 2.16. The summed E-state index contributed by atoms with van der Waals surface area (Å²) in [6.07, 6.45) is -0.310. The highest BCUT2D eigenvalue weighted by molar-refractivity contribution is 5.91. The van der Waals surface area contributed by atoms with E-state index in [0.29, 0.717) is 0 Å². The van der Waals surface area contributed by atoms with Gasteiger partial charge in [-0.05, 0) is 12.1 Å². The largest absolute Gasteiger partial charge is 0.479 e. The summed E-state index contributed by atoms with van der Waals surface area (Å²) in [5.74, 6) is -2.18. The zero-order valence-corrected chi connectivity index (χ0v) is 9.96. The van der Waals surface area contributed by atoms with Gasteiger partial charge in [0.2, 0.25) is 5.91 Å². The number of carboxylic acid groups (broad SMARTS) is 1. The van der Waals surface area contributed by atoms with Crippen LogP contribution in [-0.2, 0) is 9.59 Å². The molecule has 2 amide bonds. The van der Waals surface area contributed by atoms with Crippen LogP contribution >= 0.6 is 0 Å². The summed E-state index contributed by atoms with van der Waals surface area (Å²) in [6, 6.07) is 3.05. The summed E-state index contributed by atoms with van der Waals surface area (Å²) in [4.78, 5) is 32.9. The summed E-state index contributed by atoms with van der Waals surface area (Å²) in [6.45, 7) is -0.297. The fourth-order valence-corrected chi connectivity index (χ4v) is 1.17. The summed E-state index contributed by atoms with van der Waals surface area (Å²) in [5, 5.41) is 22.0. The standard InChI is InChI=1S/C11H14N2O6/c14-7(11(17)18)6-13-9(15)3-4-12-10(16)8-2-1-5-19-8/h1-2,5,7,14H,3-4,6H2,(H,12,16)(H,13,15)(H,17,18). The van der Waals surface area contributed by atoms with Gasteiger partial charge in [0, 0.05) is 13.0 Å². The van der Waals surface area contributed by atoms with Crippen LogP contribution in [0.15, 0.2) is 22.8 Å². The van der Waals surface area contributed by atoms with Gasteiger partial charge in [-0.2, -0.15) is 0 Å². The lowest BCUT2D eigenvalue weighted by molar-refractivity contribution is -0.146. The first kappa shape index (κ1) is 14.7. The molecule has 0 aromatic carbocycles. The van der Waals surface area contributed by atoms with Crippen LogP contribution in [0.3, 0.4) is 0 Å². The lowest BCUT2D eigenvalue weighted by atomic mass is 10.3. The minimum atomic E-state index is -1.64. The van der Waals surface area contributed by atoms with Crippen LogP contribution in [0.2, 0.25) is 0 Å². The molecule has 0 bridgehead atoms. The molecule has 0 radical (unpaired) electrons. The molecule has 1 aromatic rings. The fraction of sp³-hybridized carbons (Fsp3) is 0.364. The predicted molar refractivity (Wildman–Crippen MR) is 62.3 cm³/mol. The third kappa shape index (κ3) is 5.21. The second-order valence-corrected chi connectivity index (χ2v) is 3.64. The predicted octanol–water partition coefficient (Wildman–Crippen LogP) is -1.04. The monoisotopic (exact) mass is 270 g/mol. The van der Waals surface area contributed by atoms with E-state index in [1.807, 2.05) is 0 Å². The molecular weight excluding hydrogens is 256 g/mol. The van der Waals surface area contributed by atoms with Crippen molar-refractivity contribution < 1.29 is 29.0 Å². The van der Waals surface area contributed by atoms with Gasteiger partial charge in [-0.3, -0.25) is 9.59 Å². The smallest absolute Gasteiger partial charge is 0.334 e. The summed E-state index contributed by atoms with van der Waals surface area (Å²) >= 11 is 0. The van der Waals surface area contributed by atoms with Crippen LogP contribution in [0.25, 0.3) is 0 Å². The van der Waals surface area contributed by atoms with E-state index in [4.69, 9.17) is 14.6 Å². The van der Waals surface area contributed by atoms with E-state index in [1.54, 1.807) is 6.07 Å². The van der Waals surface area contributed by atoms with Gasteiger partial charge >= 0.3 is 5.97 Å². The number of amides is 2. The van der Waals surface area contributed by atoms with Crippen LogP contribution in [0.4, 0.5) is 0 Å². The summed E-state index contributed by atoms with van der Waals surface area (Å²) in [7, 11) is 0. The van der Waals surface area contributed by atoms with E-state index in [2.05, 4.69) is 10.6 Å². The molecule has 1 atom stereocenters. The first-order chi connectivity index (χ1) is 9.00. The highest BCUT2D eigenvalue weighted by atomic mass is 16.4. The van der Waals surface area contributed by atoms with Crippen LogP contribution in [0, 0.1) is 0 Å². The number of rotatable bonds is 7. The maximum atomic E-state index is 11.4. The Labute approximate surface area is 108 Å². The Balaban J connectivity index is 2.17. The Morgan fingerprint density at radius 1 is 1.32 bits per heavy atom. The second-order valence-electron chi connectivity index (χ2n) is 3.64. The average Bonchev–Trinajstić information content (AvgIpc) is 2.89. The molecule has 104 valence electrons. The van der Waals surface area contributed by atoms with Crippen molar-refractivity contribution in [1.82, 2.24) is 10.6 Å². The van der Waals surface area contributed by atoms with Crippen molar-refractivity contribution in [1.29, 1.82) is 0 Å². The first-order valence-corrected chi connectivity index (χ1v) is 5.50. The van der Waals surface area contributed by atoms with Crippen LogP contribution < -0.4 is 10.6 Å². The van der Waals surface area contributed by atoms with E-state index in [0.717, 1.165) is 0 Å². The average molecular weight is 270 g/mol. The van der Waals surface area contributed by atoms with Crippen LogP contribution in [0.5, 0.6) is 0 Å². The molecule has 0 saturated carbocycles. The zero-order valence-electron chi connectivity index (χ0n) is 9.96. The van der Waals surface area contributed by atoms with Gasteiger partial charge < -0.3 is 25.3 Å². The van der Waals surface area contributed by atoms with Gasteiger partial charge in [-0.15, -0.1) is 0 Å². The Morgan fingerprint density at radius 3 is 2.63 bits per heavy atom. The van der Waals surface area contributed by atoms with Crippen LogP contribution in [-0.4, -0.2) is 47.2 Å². The second kappa shape index (κ2) is 7.17. The van der Waals surface area contributed by atoms with Crippen LogP contribution in [0.1, 0.15) is 17.0 Å². The number of furan rings is 1. The van der Waals surface area contributed by atoms with Gasteiger partial charge in [-0.25, -0.2) is 4.79 Å². The van der Waals surface area contributed by atoms with Gasteiger partial charge in [0.05, 0.1) is 12.8 Å². The van der Waals surface area contributed by atoms with E-state index in [9.17, 15) is 14.4 Å². The van der Waals surface area contributed by atoms with Gasteiger partial charge in [-0.1, -0.05) is 0 Å². The minimum absolute atomic E-state index is 0.0290. The molecule has 1 heterocycles. The van der Waals surface area contributed by atoms with E-state index >= 15 is 0 Å². The van der Waals surface area contributed by atoms with Crippen molar-refractivity contribution >= 4 is 17.8 Å². The van der Waals surface area contributed by atoms with Crippen molar-refractivity contribution in [2.24, 2.45) is 0 Å². The van der Waals surface area contributed by atoms with E-state index in [-0.39, 0.29) is 25.3 Å². The van der Waals surface area contributed by atoms with E-state index < -0.39 is 23.9 Å². The topological polar surface area (TPSA) is 129 Å². The third-order valence-electron chi connectivity index (χ3n) is 2.16. The van der Waals surface area contributed by atoms with Crippen molar-refractivity contribution in [3.05, 3.63) is 24.2 Å². The summed E-state index contributed by atoms with van der Waals surface area (Å²) < 4.78 is 4.85. The Bertz CT molecular complexity index is 442. The number of nitrogens with one attached hydrogen (secondary N) is 2. The Morgan fingerprint density at radius 2 is 2.05 bits per heavy atom. The molecule has 0 aliphatic rings. The molecule has 4 N–H and O–H groups in total. The molecular formula is C11H14N2O6. The first-order valence-electron chi connectivity index (χ1n) is 5.50. The molecule has 0 spiro atoms. The maximum absolute atomic E-state index is 11.4. The SMILES string of the molecule is O=C(CCNC(=O)c1ccco1)NCC(O)C(=O)O. The van der Waals surface area contributed by atoms with Crippen molar-refractivity contribution in [3.63, 3.8) is 0 Å². The molecule has 8 heteroatoms. The number of hydrogen-bond acceptors (Lipinski definition) is 5. The Kier molecular flexibility index (Phi) is 5.55. The molecule has 0 aliphatic heterocycles. The molecule has 0 saturated heterocycles. The number of carboxylic acids is 1. The number of aliphatic carboxylic acids is 1. The van der Waals surface area contributed by atoms with Gasteiger partial charge in [0.1, 0.15) is 0 Å². The number of carbonyl (C=O) groups is 3. The molecule has 0 fully saturated rings. The highest BCUT2D eigenvalue weighted by Crippen LogP contribution is 1.98. The normalized spacial score (nSPS) is 11.6. The number of hydrogen-bond donors (Lipinski definition) is 4. The van der Waals surface area contributed by atoms with E-state index in [1.165, 1.54) is 12.3 Å². The Hall–Kier alpha value is -2.35. The lowest BCUT2D eigenvalue weighted by Gasteiger charge is -2.08. The molecule has 8 nitrogen and oxygen atoms in total. The maximum Gasteiger partial charge on any atom is 0.334 e. The molecule has 0 aliphatic carbocycles. The van der Waals surface area contributed by atoms with Crippen molar-refractivity contribution in [2.45, 2.75) is 12.5 Å². The number of carbonyl (C=O) groups excluding carboxylic acids is 2. The minimum Gasteiger partial charge on any atom is -0.479 e. The van der Waals surface area contributed by atoms with Crippen molar-refractivity contribution in [2.75, 3.05) is 13.1 Å². The van der Waals surface area contributed by atoms with Gasteiger partial charge in [0.15, 0.2) is 11.9 Å². The lowest BCUT2D eigenvalue weighted by Crippen LogP contribution is -2.38.